The molecule has 0 aliphatic heterocycles. The van der Waals surface area contributed by atoms with Gasteiger partial charge in [0.05, 0.1) is 7.11 Å². The van der Waals surface area contributed by atoms with Crippen molar-refractivity contribution in [2.75, 3.05) is 12.4 Å². The first-order chi connectivity index (χ1) is 13.1. The smallest absolute Gasteiger partial charge is 0.251 e. The van der Waals surface area contributed by atoms with Gasteiger partial charge in [0.25, 0.3) is 5.91 Å². The summed E-state index contributed by atoms with van der Waals surface area (Å²) in [5.41, 5.74) is 4.74. The van der Waals surface area contributed by atoms with E-state index in [1.54, 1.807) is 25.4 Å². The van der Waals surface area contributed by atoms with Gasteiger partial charge in [-0.2, -0.15) is 0 Å². The Balaban J connectivity index is 1.71. The van der Waals surface area contributed by atoms with Crippen LogP contribution in [0.15, 0.2) is 60.8 Å². The van der Waals surface area contributed by atoms with Crippen molar-refractivity contribution in [1.29, 1.82) is 0 Å². The highest BCUT2D eigenvalue weighted by Gasteiger charge is 2.09. The van der Waals surface area contributed by atoms with E-state index in [2.05, 4.69) is 33.8 Å². The van der Waals surface area contributed by atoms with Crippen LogP contribution >= 0.6 is 0 Å². The van der Waals surface area contributed by atoms with Crippen LogP contribution in [0, 0.1) is 13.8 Å². The molecule has 2 aromatic carbocycles. The summed E-state index contributed by atoms with van der Waals surface area (Å²) in [6.07, 6.45) is 1.63. The van der Waals surface area contributed by atoms with Crippen LogP contribution in [0.2, 0.25) is 0 Å². The van der Waals surface area contributed by atoms with Crippen LogP contribution in [0.4, 0.5) is 11.5 Å². The molecule has 1 heterocycles. The zero-order valence-corrected chi connectivity index (χ0v) is 15.7. The second-order valence-electron chi connectivity index (χ2n) is 6.37. The number of amides is 1. The van der Waals surface area contributed by atoms with Gasteiger partial charge in [0, 0.05) is 29.6 Å². The van der Waals surface area contributed by atoms with Gasteiger partial charge in [-0.1, -0.05) is 30.3 Å². The fraction of sp³-hybridized carbons (Fsp3) is 0.182. The molecule has 138 valence electrons. The van der Waals surface area contributed by atoms with Crippen LogP contribution in [0.25, 0.3) is 0 Å². The number of para-hydroxylation sites is 1. The Hall–Kier alpha value is -3.34. The maximum Gasteiger partial charge on any atom is 0.251 e. The monoisotopic (exact) mass is 361 g/mol. The molecule has 3 aromatic rings. The minimum Gasteiger partial charge on any atom is -0.496 e. The molecule has 1 aromatic heterocycles. The van der Waals surface area contributed by atoms with E-state index in [1.165, 1.54) is 0 Å². The summed E-state index contributed by atoms with van der Waals surface area (Å²) < 4.78 is 5.32. The third-order valence-corrected chi connectivity index (χ3v) is 4.31. The number of aryl methyl sites for hydroxylation is 2. The predicted molar refractivity (Wildman–Crippen MR) is 108 cm³/mol. The fourth-order valence-corrected chi connectivity index (χ4v) is 2.78. The SMILES string of the molecule is COc1ccccc1CNC(=O)c1ccnc(Nc2cc(C)ccc2C)c1. The van der Waals surface area contributed by atoms with E-state index in [9.17, 15) is 4.79 Å². The number of ether oxygens (including phenoxy) is 1. The molecule has 1 amide bonds. The molecule has 0 saturated heterocycles. The van der Waals surface area contributed by atoms with Crippen LogP contribution in [0.3, 0.4) is 0 Å². The van der Waals surface area contributed by atoms with Gasteiger partial charge in [0.1, 0.15) is 11.6 Å². The van der Waals surface area contributed by atoms with Crippen LogP contribution in [-0.4, -0.2) is 18.0 Å². The van der Waals surface area contributed by atoms with E-state index >= 15 is 0 Å². The van der Waals surface area contributed by atoms with Crippen molar-refractivity contribution in [2.45, 2.75) is 20.4 Å². The second kappa shape index (κ2) is 8.36. The Kier molecular flexibility index (Phi) is 5.71. The van der Waals surface area contributed by atoms with Crippen molar-refractivity contribution in [3.05, 3.63) is 83.0 Å². The highest BCUT2D eigenvalue weighted by molar-refractivity contribution is 5.94. The number of carbonyl (C=O) groups excluding carboxylic acids is 1. The third kappa shape index (κ3) is 4.64. The summed E-state index contributed by atoms with van der Waals surface area (Å²) in [6.45, 7) is 4.47. The van der Waals surface area contributed by atoms with Crippen LogP contribution in [0.5, 0.6) is 5.75 Å². The van der Waals surface area contributed by atoms with Crippen molar-refractivity contribution in [3.63, 3.8) is 0 Å². The molecule has 0 radical (unpaired) electrons. The molecular formula is C22H23N3O2. The van der Waals surface area contributed by atoms with Gasteiger partial charge in [-0.3, -0.25) is 4.79 Å². The molecule has 0 saturated carbocycles. The lowest BCUT2D eigenvalue weighted by atomic mass is 10.1. The molecular weight excluding hydrogens is 338 g/mol. The van der Waals surface area contributed by atoms with Crippen molar-refractivity contribution < 1.29 is 9.53 Å². The zero-order chi connectivity index (χ0) is 19.2. The lowest BCUT2D eigenvalue weighted by Gasteiger charge is -2.12. The molecule has 0 fully saturated rings. The highest BCUT2D eigenvalue weighted by atomic mass is 16.5. The molecule has 0 spiro atoms. The number of hydrogen-bond acceptors (Lipinski definition) is 4. The number of aromatic nitrogens is 1. The number of benzene rings is 2. The quantitative estimate of drug-likeness (QED) is 0.684. The molecule has 0 unspecified atom stereocenters. The average molecular weight is 361 g/mol. The molecule has 3 rings (SSSR count). The van der Waals surface area contributed by atoms with Gasteiger partial charge >= 0.3 is 0 Å². The molecule has 5 heteroatoms. The summed E-state index contributed by atoms with van der Waals surface area (Å²) >= 11 is 0. The van der Waals surface area contributed by atoms with Crippen LogP contribution < -0.4 is 15.4 Å². The fourth-order valence-electron chi connectivity index (χ4n) is 2.78. The van der Waals surface area contributed by atoms with Crippen LogP contribution in [-0.2, 0) is 6.54 Å². The van der Waals surface area contributed by atoms with E-state index in [0.29, 0.717) is 17.9 Å². The first-order valence-electron chi connectivity index (χ1n) is 8.77. The van der Waals surface area contributed by atoms with Gasteiger partial charge in [-0.15, -0.1) is 0 Å². The van der Waals surface area contributed by atoms with Gasteiger partial charge in [0.15, 0.2) is 0 Å². The Morgan fingerprint density at radius 3 is 2.70 bits per heavy atom. The van der Waals surface area contributed by atoms with E-state index in [4.69, 9.17) is 4.74 Å². The largest absolute Gasteiger partial charge is 0.496 e. The number of anilines is 2. The number of methoxy groups -OCH3 is 1. The van der Waals surface area contributed by atoms with E-state index < -0.39 is 0 Å². The molecule has 0 bridgehead atoms. The van der Waals surface area contributed by atoms with Crippen molar-refractivity contribution >= 4 is 17.4 Å². The van der Waals surface area contributed by atoms with Crippen molar-refractivity contribution in [1.82, 2.24) is 10.3 Å². The summed E-state index contributed by atoms with van der Waals surface area (Å²) in [4.78, 5) is 16.9. The van der Waals surface area contributed by atoms with E-state index in [-0.39, 0.29) is 5.91 Å². The second-order valence-corrected chi connectivity index (χ2v) is 6.37. The third-order valence-electron chi connectivity index (χ3n) is 4.31. The lowest BCUT2D eigenvalue weighted by Crippen LogP contribution is -2.23. The maximum atomic E-state index is 12.5. The summed E-state index contributed by atoms with van der Waals surface area (Å²) in [6, 6.07) is 17.3. The Labute approximate surface area is 159 Å². The molecule has 0 aliphatic rings. The number of nitrogens with zero attached hydrogens (tertiary/aromatic N) is 1. The van der Waals surface area contributed by atoms with Gasteiger partial charge in [-0.25, -0.2) is 4.98 Å². The molecule has 27 heavy (non-hydrogen) atoms. The van der Waals surface area contributed by atoms with E-state index in [1.807, 2.05) is 38.1 Å². The van der Waals surface area contributed by atoms with Gasteiger partial charge < -0.3 is 15.4 Å². The topological polar surface area (TPSA) is 63.2 Å². The molecule has 5 nitrogen and oxygen atoms in total. The predicted octanol–water partition coefficient (Wildman–Crippen LogP) is 4.38. The number of hydrogen-bond donors (Lipinski definition) is 2. The average Bonchev–Trinajstić information content (AvgIpc) is 2.69. The Bertz CT molecular complexity index is 954. The van der Waals surface area contributed by atoms with Gasteiger partial charge in [-0.05, 0) is 49.2 Å². The number of rotatable bonds is 6. The summed E-state index contributed by atoms with van der Waals surface area (Å²) in [5, 5.41) is 6.22. The molecule has 0 aliphatic carbocycles. The Morgan fingerprint density at radius 1 is 1.07 bits per heavy atom. The zero-order valence-electron chi connectivity index (χ0n) is 15.7. The standard InChI is InChI=1S/C22H23N3O2/c1-15-8-9-16(2)19(12-15)25-21-13-17(10-11-23-21)22(26)24-14-18-6-4-5-7-20(18)27-3/h4-13H,14H2,1-3H3,(H,23,25)(H,24,26). The molecule has 0 atom stereocenters. The lowest BCUT2D eigenvalue weighted by molar-refractivity contribution is 0.0950. The Morgan fingerprint density at radius 2 is 1.89 bits per heavy atom. The normalized spacial score (nSPS) is 10.3. The number of nitrogens with one attached hydrogen (secondary N) is 2. The van der Waals surface area contributed by atoms with Gasteiger partial charge in [0.2, 0.25) is 0 Å². The summed E-state index contributed by atoms with van der Waals surface area (Å²) in [5.74, 6) is 1.23. The van der Waals surface area contributed by atoms with Crippen molar-refractivity contribution in [3.8, 4) is 5.75 Å². The highest BCUT2D eigenvalue weighted by Crippen LogP contribution is 2.21. The summed E-state index contributed by atoms with van der Waals surface area (Å²) in [7, 11) is 1.62. The van der Waals surface area contributed by atoms with Crippen LogP contribution in [0.1, 0.15) is 27.0 Å². The minimum absolute atomic E-state index is 0.160. The first kappa shape index (κ1) is 18.5. The number of pyridine rings is 1. The number of carbonyl (C=O) groups is 1. The minimum atomic E-state index is -0.160. The first-order valence-corrected chi connectivity index (χ1v) is 8.77. The van der Waals surface area contributed by atoms with Crippen molar-refractivity contribution in [2.24, 2.45) is 0 Å². The molecule has 2 N–H and O–H groups in total. The maximum absolute atomic E-state index is 12.5. The van der Waals surface area contributed by atoms with E-state index in [0.717, 1.165) is 28.1 Å².